The van der Waals surface area contributed by atoms with Crippen molar-refractivity contribution in [2.24, 2.45) is 0 Å². The Morgan fingerprint density at radius 2 is 1.36 bits per heavy atom. The van der Waals surface area contributed by atoms with E-state index in [2.05, 4.69) is 30.3 Å². The summed E-state index contributed by atoms with van der Waals surface area (Å²) in [7, 11) is 0. The van der Waals surface area contributed by atoms with E-state index in [0.29, 0.717) is 5.56 Å². The van der Waals surface area contributed by atoms with Crippen molar-refractivity contribution in [3.63, 3.8) is 0 Å². The molecule has 0 amide bonds. The first-order valence-electron chi connectivity index (χ1n) is 8.35. The highest BCUT2D eigenvalue weighted by Crippen LogP contribution is 2.29. The van der Waals surface area contributed by atoms with Gasteiger partial charge in [0.25, 0.3) is 0 Å². The van der Waals surface area contributed by atoms with Gasteiger partial charge < -0.3 is 4.74 Å². The van der Waals surface area contributed by atoms with Crippen molar-refractivity contribution in [3.05, 3.63) is 95.6 Å². The maximum absolute atomic E-state index is 12.4. The molecule has 0 unspecified atom stereocenters. The molecule has 2 nitrogen and oxygen atoms in total. The summed E-state index contributed by atoms with van der Waals surface area (Å²) in [4.78, 5) is 12.4. The van der Waals surface area contributed by atoms with Gasteiger partial charge in [0.15, 0.2) is 0 Å². The molecule has 0 aliphatic carbocycles. The van der Waals surface area contributed by atoms with Gasteiger partial charge in [0, 0.05) is 5.56 Å². The lowest BCUT2D eigenvalue weighted by Crippen LogP contribution is -2.06. The molecule has 0 atom stereocenters. The van der Waals surface area contributed by atoms with Crippen LogP contribution in [0.4, 0.5) is 0 Å². The number of hydrogen-bond donors (Lipinski definition) is 0. The number of benzene rings is 4. The zero-order valence-electron chi connectivity index (χ0n) is 14.0. The normalized spacial score (nSPS) is 10.9. The van der Waals surface area contributed by atoms with Crippen molar-refractivity contribution in [1.29, 1.82) is 0 Å². The van der Waals surface area contributed by atoms with Crippen LogP contribution in [0.15, 0.2) is 78.9 Å². The fourth-order valence-electron chi connectivity index (χ4n) is 3.17. The minimum absolute atomic E-state index is 0.259. The summed E-state index contributed by atoms with van der Waals surface area (Å²) in [6, 6.07) is 26.1. The molecular formula is C23H18O2. The average molecular weight is 326 g/mol. The Bertz CT molecular complexity index is 1010. The first-order valence-corrected chi connectivity index (χ1v) is 8.35. The minimum Gasteiger partial charge on any atom is -0.457 e. The number of aryl methyl sites for hydroxylation is 1. The standard InChI is InChI=1S/C23H18O2/c1-16-10-12-17(13-11-16)23(24)25-15-22-20-8-4-2-6-18(20)14-19-7-3-5-9-21(19)22/h2-14H,15H2,1H3. The van der Waals surface area contributed by atoms with Gasteiger partial charge in [-0.3, -0.25) is 0 Å². The number of carbonyl (C=O) groups excluding carboxylic acids is 1. The molecular weight excluding hydrogens is 308 g/mol. The SMILES string of the molecule is Cc1ccc(C(=O)OCc2c3ccccc3cc3ccccc23)cc1. The van der Waals surface area contributed by atoms with Crippen LogP contribution in [0.25, 0.3) is 21.5 Å². The summed E-state index contributed by atoms with van der Waals surface area (Å²) in [5, 5.41) is 4.56. The molecule has 4 rings (SSSR count). The van der Waals surface area contributed by atoms with Gasteiger partial charge in [-0.15, -0.1) is 0 Å². The molecule has 0 saturated carbocycles. The van der Waals surface area contributed by atoms with E-state index < -0.39 is 0 Å². The number of hydrogen-bond acceptors (Lipinski definition) is 2. The van der Waals surface area contributed by atoms with Gasteiger partial charge in [0.2, 0.25) is 0 Å². The topological polar surface area (TPSA) is 26.3 Å². The molecule has 0 fully saturated rings. The molecule has 2 heteroatoms. The molecule has 4 aromatic carbocycles. The number of esters is 1. The Morgan fingerprint density at radius 1 is 0.800 bits per heavy atom. The summed E-state index contributed by atoms with van der Waals surface area (Å²) in [6.45, 7) is 2.26. The largest absolute Gasteiger partial charge is 0.457 e. The van der Waals surface area contributed by atoms with Crippen molar-refractivity contribution in [2.45, 2.75) is 13.5 Å². The molecule has 0 bridgehead atoms. The molecule has 0 heterocycles. The smallest absolute Gasteiger partial charge is 0.338 e. The van der Waals surface area contributed by atoms with E-state index in [1.165, 1.54) is 0 Å². The molecule has 0 radical (unpaired) electrons. The van der Waals surface area contributed by atoms with Crippen LogP contribution in [0.1, 0.15) is 21.5 Å². The van der Waals surface area contributed by atoms with Crippen LogP contribution < -0.4 is 0 Å². The molecule has 0 aliphatic heterocycles. The first kappa shape index (κ1) is 15.4. The lowest BCUT2D eigenvalue weighted by molar-refractivity contribution is 0.0476. The predicted octanol–water partition coefficient (Wildman–Crippen LogP) is 5.66. The van der Waals surface area contributed by atoms with Gasteiger partial charge in [-0.1, -0.05) is 66.2 Å². The molecule has 0 N–H and O–H groups in total. The van der Waals surface area contributed by atoms with Gasteiger partial charge in [0.1, 0.15) is 6.61 Å². The number of ether oxygens (including phenoxy) is 1. The van der Waals surface area contributed by atoms with Gasteiger partial charge in [-0.05, 0) is 46.7 Å². The molecule has 0 spiro atoms. The maximum Gasteiger partial charge on any atom is 0.338 e. The Morgan fingerprint density at radius 3 is 1.96 bits per heavy atom. The molecule has 0 saturated heterocycles. The summed E-state index contributed by atoms with van der Waals surface area (Å²) in [5.41, 5.74) is 2.75. The van der Waals surface area contributed by atoms with Gasteiger partial charge in [-0.25, -0.2) is 4.79 Å². The van der Waals surface area contributed by atoms with E-state index in [0.717, 1.165) is 32.7 Å². The van der Waals surface area contributed by atoms with Crippen LogP contribution in [-0.4, -0.2) is 5.97 Å². The lowest BCUT2D eigenvalue weighted by Gasteiger charge is -2.12. The second kappa shape index (κ2) is 6.40. The Hall–Kier alpha value is -3.13. The summed E-state index contributed by atoms with van der Waals surface area (Å²) < 4.78 is 5.63. The van der Waals surface area contributed by atoms with E-state index in [1.54, 1.807) is 12.1 Å². The second-order valence-corrected chi connectivity index (χ2v) is 6.24. The third kappa shape index (κ3) is 2.99. The van der Waals surface area contributed by atoms with Crippen LogP contribution in [0.3, 0.4) is 0 Å². The predicted molar refractivity (Wildman–Crippen MR) is 102 cm³/mol. The van der Waals surface area contributed by atoms with Crippen LogP contribution >= 0.6 is 0 Å². The summed E-state index contributed by atoms with van der Waals surface area (Å²) in [5.74, 6) is -0.294. The Labute approximate surface area is 146 Å². The van der Waals surface area contributed by atoms with E-state index in [4.69, 9.17) is 4.74 Å². The zero-order valence-corrected chi connectivity index (χ0v) is 14.0. The maximum atomic E-state index is 12.4. The van der Waals surface area contributed by atoms with Gasteiger partial charge in [-0.2, -0.15) is 0 Å². The van der Waals surface area contributed by atoms with E-state index in [-0.39, 0.29) is 12.6 Å². The zero-order chi connectivity index (χ0) is 17.2. The van der Waals surface area contributed by atoms with Crippen molar-refractivity contribution in [1.82, 2.24) is 0 Å². The van der Waals surface area contributed by atoms with E-state index in [1.807, 2.05) is 43.3 Å². The quantitative estimate of drug-likeness (QED) is 0.359. The van der Waals surface area contributed by atoms with Gasteiger partial charge in [0.05, 0.1) is 5.56 Å². The first-order chi connectivity index (χ1) is 12.2. The highest BCUT2D eigenvalue weighted by atomic mass is 16.5. The van der Waals surface area contributed by atoms with Gasteiger partial charge >= 0.3 is 5.97 Å². The van der Waals surface area contributed by atoms with Crippen LogP contribution in [0.5, 0.6) is 0 Å². The second-order valence-electron chi connectivity index (χ2n) is 6.24. The van der Waals surface area contributed by atoms with Crippen LogP contribution in [0.2, 0.25) is 0 Å². The van der Waals surface area contributed by atoms with Crippen LogP contribution in [-0.2, 0) is 11.3 Å². The Kier molecular flexibility index (Phi) is 3.95. The van der Waals surface area contributed by atoms with Crippen molar-refractivity contribution < 1.29 is 9.53 Å². The van der Waals surface area contributed by atoms with Crippen molar-refractivity contribution in [2.75, 3.05) is 0 Å². The molecule has 0 aliphatic rings. The summed E-state index contributed by atoms with van der Waals surface area (Å²) in [6.07, 6.45) is 0. The summed E-state index contributed by atoms with van der Waals surface area (Å²) >= 11 is 0. The number of rotatable bonds is 3. The lowest BCUT2D eigenvalue weighted by atomic mass is 9.97. The molecule has 122 valence electrons. The molecule has 4 aromatic rings. The molecule has 0 aromatic heterocycles. The minimum atomic E-state index is -0.294. The highest BCUT2D eigenvalue weighted by molar-refractivity contribution is 6.02. The number of fused-ring (bicyclic) bond motifs is 2. The van der Waals surface area contributed by atoms with Crippen molar-refractivity contribution >= 4 is 27.5 Å². The Balaban J connectivity index is 1.72. The fourth-order valence-corrected chi connectivity index (χ4v) is 3.17. The fraction of sp³-hybridized carbons (Fsp3) is 0.0870. The van der Waals surface area contributed by atoms with Crippen molar-refractivity contribution in [3.8, 4) is 0 Å². The number of carbonyl (C=O) groups is 1. The third-order valence-electron chi connectivity index (χ3n) is 4.52. The average Bonchev–Trinajstić information content (AvgIpc) is 2.65. The highest BCUT2D eigenvalue weighted by Gasteiger charge is 2.11. The monoisotopic (exact) mass is 326 g/mol. The third-order valence-corrected chi connectivity index (χ3v) is 4.52. The van der Waals surface area contributed by atoms with E-state index in [9.17, 15) is 4.79 Å². The molecule has 25 heavy (non-hydrogen) atoms. The van der Waals surface area contributed by atoms with E-state index >= 15 is 0 Å². The van der Waals surface area contributed by atoms with Crippen LogP contribution in [0, 0.1) is 6.92 Å².